The Hall–Kier alpha value is -4.11. The summed E-state index contributed by atoms with van der Waals surface area (Å²) in [5.41, 5.74) is 0.300. The highest BCUT2D eigenvalue weighted by atomic mass is 19.4. The molecule has 0 radical (unpaired) electrons. The van der Waals surface area contributed by atoms with Crippen LogP contribution < -0.4 is 5.32 Å². The molecule has 2 atom stereocenters. The first-order valence-electron chi connectivity index (χ1n) is 13.1. The number of nitrogens with one attached hydrogen (secondary N) is 1. The maximum Gasteiger partial charge on any atom is 0.416 e. The third-order valence-electron chi connectivity index (χ3n) is 7.04. The number of unbranched alkanes of at least 4 members (excludes halogenated alkanes) is 1. The van der Waals surface area contributed by atoms with Crippen molar-refractivity contribution < 1.29 is 27.6 Å². The number of carbonyl (C=O) groups excluding carboxylic acids is 3. The largest absolute Gasteiger partial charge is 0.416 e. The number of amides is 4. The molecule has 4 amide bonds. The number of hydrogen-bond acceptors (Lipinski definition) is 5. The van der Waals surface area contributed by atoms with Gasteiger partial charge in [0.1, 0.15) is 18.8 Å². The van der Waals surface area contributed by atoms with Gasteiger partial charge in [0.2, 0.25) is 11.8 Å². The Labute approximate surface area is 230 Å². The molecule has 40 heavy (non-hydrogen) atoms. The highest BCUT2D eigenvalue weighted by molar-refractivity contribution is 5.91. The van der Waals surface area contributed by atoms with Crippen LogP contribution >= 0.6 is 0 Å². The first kappa shape index (κ1) is 28.9. The van der Waals surface area contributed by atoms with E-state index in [1.165, 1.54) is 32.0 Å². The summed E-state index contributed by atoms with van der Waals surface area (Å²) in [5, 5.41) is 14.9. The Kier molecular flexibility index (Phi) is 8.94. The van der Waals surface area contributed by atoms with Crippen molar-refractivity contribution in [2.45, 2.75) is 57.7 Å². The molecule has 0 aliphatic carbocycles. The quantitative estimate of drug-likeness (QED) is 0.500. The predicted octanol–water partition coefficient (Wildman–Crippen LogP) is 3.73. The molecule has 2 aromatic rings. The van der Waals surface area contributed by atoms with Crippen molar-refractivity contribution in [1.82, 2.24) is 25.1 Å². The average Bonchev–Trinajstić information content (AvgIpc) is 2.92. The molecule has 0 saturated carbocycles. The van der Waals surface area contributed by atoms with Crippen molar-refractivity contribution in [2.24, 2.45) is 0 Å². The number of carbonyl (C=O) groups is 3. The van der Waals surface area contributed by atoms with Crippen molar-refractivity contribution in [1.29, 1.82) is 5.26 Å². The summed E-state index contributed by atoms with van der Waals surface area (Å²) in [4.78, 5) is 43.3. The molecular weight excluding hydrogens is 525 g/mol. The van der Waals surface area contributed by atoms with Gasteiger partial charge in [0.15, 0.2) is 0 Å². The van der Waals surface area contributed by atoms with Crippen molar-refractivity contribution in [2.75, 3.05) is 19.6 Å². The number of nitrogens with zero attached hydrogens (tertiary/aromatic N) is 5. The summed E-state index contributed by atoms with van der Waals surface area (Å²) in [5.74, 6) is -0.769. The van der Waals surface area contributed by atoms with Gasteiger partial charge in [0.05, 0.1) is 24.7 Å². The summed E-state index contributed by atoms with van der Waals surface area (Å²) in [6, 6.07) is 14.5. The Morgan fingerprint density at radius 3 is 2.50 bits per heavy atom. The summed E-state index contributed by atoms with van der Waals surface area (Å²) < 4.78 is 40.0. The van der Waals surface area contributed by atoms with Gasteiger partial charge < -0.3 is 15.1 Å². The number of halogens is 3. The van der Waals surface area contributed by atoms with Gasteiger partial charge in [-0.3, -0.25) is 9.59 Å². The van der Waals surface area contributed by atoms with Crippen LogP contribution in [0.5, 0.6) is 0 Å². The first-order valence-corrected chi connectivity index (χ1v) is 13.1. The fourth-order valence-corrected chi connectivity index (χ4v) is 5.15. The average molecular weight is 557 g/mol. The van der Waals surface area contributed by atoms with Crippen LogP contribution in [0.15, 0.2) is 54.6 Å². The fraction of sp³-hybridized carbons (Fsp3) is 0.429. The molecular formula is C28H31F3N6O3. The van der Waals surface area contributed by atoms with Crippen LogP contribution in [-0.4, -0.2) is 69.5 Å². The Morgan fingerprint density at radius 1 is 1.10 bits per heavy atom. The molecule has 0 aromatic heterocycles. The molecule has 2 aromatic carbocycles. The molecule has 12 heteroatoms. The second-order valence-electron chi connectivity index (χ2n) is 9.83. The van der Waals surface area contributed by atoms with Gasteiger partial charge in [-0.05, 0) is 29.7 Å². The number of fused-ring (bicyclic) bond motifs is 1. The van der Waals surface area contributed by atoms with Crippen LogP contribution in [-0.2, 0) is 28.9 Å². The van der Waals surface area contributed by atoms with Crippen molar-refractivity contribution >= 4 is 17.8 Å². The number of hydrazine groups is 1. The molecule has 0 spiro atoms. The van der Waals surface area contributed by atoms with E-state index >= 15 is 0 Å². The normalized spacial score (nSPS) is 19.8. The van der Waals surface area contributed by atoms with E-state index in [0.717, 1.165) is 24.1 Å². The Morgan fingerprint density at radius 2 is 1.82 bits per heavy atom. The van der Waals surface area contributed by atoms with Gasteiger partial charge in [0.25, 0.3) is 0 Å². The molecule has 2 saturated heterocycles. The molecule has 1 unspecified atom stereocenters. The third-order valence-corrected chi connectivity index (χ3v) is 7.04. The van der Waals surface area contributed by atoms with E-state index < -0.39 is 30.0 Å². The lowest BCUT2D eigenvalue weighted by Crippen LogP contribution is -2.76. The lowest BCUT2D eigenvalue weighted by atomic mass is 10.00. The maximum atomic E-state index is 13.6. The number of rotatable bonds is 8. The zero-order valence-corrected chi connectivity index (χ0v) is 22.1. The molecule has 4 rings (SSSR count). The molecule has 212 valence electrons. The number of nitriles is 1. The zero-order chi connectivity index (χ0) is 28.9. The minimum atomic E-state index is -4.54. The minimum Gasteiger partial charge on any atom is -0.333 e. The monoisotopic (exact) mass is 556 g/mol. The summed E-state index contributed by atoms with van der Waals surface area (Å²) in [6.07, 6.45) is -3.74. The number of alkyl halides is 3. The number of hydrogen-bond donors (Lipinski definition) is 1. The second kappa shape index (κ2) is 12.4. The summed E-state index contributed by atoms with van der Waals surface area (Å²) >= 11 is 0. The Balaban J connectivity index is 1.66. The van der Waals surface area contributed by atoms with Gasteiger partial charge >= 0.3 is 12.2 Å². The number of piperazine rings is 1. The predicted molar refractivity (Wildman–Crippen MR) is 139 cm³/mol. The van der Waals surface area contributed by atoms with E-state index in [1.807, 2.05) is 43.3 Å². The van der Waals surface area contributed by atoms with Crippen LogP contribution in [0.25, 0.3) is 0 Å². The lowest BCUT2D eigenvalue weighted by Gasteiger charge is -2.54. The number of urea groups is 1. The van der Waals surface area contributed by atoms with E-state index in [2.05, 4.69) is 5.32 Å². The summed E-state index contributed by atoms with van der Waals surface area (Å²) in [6.45, 7) is 1.40. The van der Waals surface area contributed by atoms with E-state index in [9.17, 15) is 32.8 Å². The smallest absolute Gasteiger partial charge is 0.333 e. The standard InChI is InChI=1S/C28H31F3N6O3/c1-2-3-12-23-26(39)34(17-21-10-7-11-22(15-21)28(29,30)31)18-24-36(23)25(38)19-35(14-13-32)37(24)27(40)33-16-20-8-5-4-6-9-20/h4-11,15,23-24H,2-3,12,14,16-19H2,1H3,(H,33,40)/t23-,24?/m0/s1. The van der Waals surface area contributed by atoms with Gasteiger partial charge in [-0.2, -0.15) is 23.4 Å². The van der Waals surface area contributed by atoms with Gasteiger partial charge in [-0.25, -0.2) is 9.80 Å². The lowest BCUT2D eigenvalue weighted by molar-refractivity contribution is -0.189. The molecule has 2 fully saturated rings. The SMILES string of the molecule is CCCC[C@H]1C(=O)N(Cc2cccc(C(F)(F)F)c2)CC2N1C(=O)CN(CC#N)N2C(=O)NCc1ccccc1. The summed E-state index contributed by atoms with van der Waals surface area (Å²) in [7, 11) is 0. The van der Waals surface area contributed by atoms with Crippen LogP contribution in [0.4, 0.5) is 18.0 Å². The van der Waals surface area contributed by atoms with Crippen molar-refractivity contribution in [3.05, 3.63) is 71.3 Å². The van der Waals surface area contributed by atoms with E-state index in [-0.39, 0.29) is 50.1 Å². The van der Waals surface area contributed by atoms with Crippen LogP contribution in [0.1, 0.15) is 42.9 Å². The van der Waals surface area contributed by atoms with E-state index in [4.69, 9.17) is 0 Å². The van der Waals surface area contributed by atoms with Crippen LogP contribution in [0.3, 0.4) is 0 Å². The fourth-order valence-electron chi connectivity index (χ4n) is 5.15. The molecule has 2 aliphatic rings. The highest BCUT2D eigenvalue weighted by Gasteiger charge is 2.51. The molecule has 9 nitrogen and oxygen atoms in total. The zero-order valence-electron chi connectivity index (χ0n) is 22.1. The third kappa shape index (κ3) is 6.37. The van der Waals surface area contributed by atoms with E-state index in [1.54, 1.807) is 0 Å². The molecule has 2 heterocycles. The van der Waals surface area contributed by atoms with Gasteiger partial charge in [0, 0.05) is 13.1 Å². The highest BCUT2D eigenvalue weighted by Crippen LogP contribution is 2.32. The maximum absolute atomic E-state index is 13.6. The first-order chi connectivity index (χ1) is 19.1. The second-order valence-corrected chi connectivity index (χ2v) is 9.83. The van der Waals surface area contributed by atoms with Gasteiger partial charge in [-0.15, -0.1) is 0 Å². The topological polar surface area (TPSA) is 100.0 Å². The van der Waals surface area contributed by atoms with Crippen LogP contribution in [0.2, 0.25) is 0 Å². The van der Waals surface area contributed by atoms with E-state index in [0.29, 0.717) is 12.8 Å². The molecule has 0 bridgehead atoms. The number of benzene rings is 2. The van der Waals surface area contributed by atoms with Gasteiger partial charge in [-0.1, -0.05) is 62.2 Å². The minimum absolute atomic E-state index is 0.121. The molecule has 2 aliphatic heterocycles. The van der Waals surface area contributed by atoms with Crippen molar-refractivity contribution in [3.63, 3.8) is 0 Å². The Bertz CT molecular complexity index is 1270. The van der Waals surface area contributed by atoms with Crippen LogP contribution in [0, 0.1) is 11.3 Å². The molecule has 1 N–H and O–H groups in total. The van der Waals surface area contributed by atoms with Crippen molar-refractivity contribution in [3.8, 4) is 6.07 Å².